The quantitative estimate of drug-likeness (QED) is 0.148. The number of nitrogens with one attached hydrogen (secondary N) is 4. The second-order valence-electron chi connectivity index (χ2n) is 26.1. The smallest absolute Gasteiger partial charge is 0.246 e. The van der Waals surface area contributed by atoms with Gasteiger partial charge in [0.05, 0.1) is 12.6 Å². The zero-order valence-electron chi connectivity index (χ0n) is 56.1. The van der Waals surface area contributed by atoms with Crippen molar-refractivity contribution in [2.45, 2.75) is 223 Å². The molecule has 23 nitrogen and oxygen atoms in total. The Hall–Kier alpha value is -6.13. The minimum atomic E-state index is -1.61. The van der Waals surface area contributed by atoms with E-state index in [4.69, 9.17) is 0 Å². The van der Waals surface area contributed by atoms with Crippen LogP contribution in [-0.4, -0.2) is 227 Å². The van der Waals surface area contributed by atoms with E-state index >= 15 is 9.59 Å². The molecule has 85 heavy (non-hydrogen) atoms. The van der Waals surface area contributed by atoms with Crippen LogP contribution >= 0.6 is 0 Å². The number of nitrogens with zero attached hydrogens (tertiary/aromatic N) is 7. The number of likely N-dealkylation sites (N-methyl/N-ethyl adjacent to an activating group) is 7. The van der Waals surface area contributed by atoms with Crippen LogP contribution in [0.3, 0.4) is 0 Å². The molecule has 486 valence electrons. The van der Waals surface area contributed by atoms with E-state index in [1.54, 1.807) is 54.5 Å². The highest BCUT2D eigenvalue weighted by atomic mass is 16.3. The third-order valence-electron chi connectivity index (χ3n) is 16.1. The SMILES string of the molecule is C/C=C/C[C@H](C)[C@H](O)[C@H]1C(=O)N[C@@H](CC)C(=O)N(C)CC(=O)N(C)[C@@H](CC(C)C)C(=O)N[C@@H](C(C)C)C(=O)N(C)[C@@H](CC(C)C)C(=O)N[C@@H](C)C(=O)N[C@H](C)C(=O)N(C)[C@@H](CC(C)C)C(=O)N(C)[C@@H](CC(C)C)C(=O)N(C)[C@@H](C(C)C)C(=O)N1C. The normalized spacial score (nSPS) is 26.9. The summed E-state index contributed by atoms with van der Waals surface area (Å²) in [5.74, 6) is -9.71. The molecule has 1 aliphatic rings. The van der Waals surface area contributed by atoms with Crippen LogP contribution in [0, 0.1) is 41.4 Å². The van der Waals surface area contributed by atoms with Crippen LogP contribution < -0.4 is 21.3 Å². The van der Waals surface area contributed by atoms with Gasteiger partial charge < -0.3 is 60.7 Å². The van der Waals surface area contributed by atoms with Gasteiger partial charge >= 0.3 is 0 Å². The maximum atomic E-state index is 15.1. The maximum Gasteiger partial charge on any atom is 0.246 e. The summed E-state index contributed by atoms with van der Waals surface area (Å²) in [4.78, 5) is 169. The van der Waals surface area contributed by atoms with Crippen molar-refractivity contribution in [3.05, 3.63) is 12.2 Å². The first kappa shape index (κ1) is 76.9. The largest absolute Gasteiger partial charge is 0.390 e. The Morgan fingerprint density at radius 2 is 0.871 bits per heavy atom. The van der Waals surface area contributed by atoms with Crippen LogP contribution in [0.1, 0.15) is 156 Å². The van der Waals surface area contributed by atoms with Gasteiger partial charge in [-0.2, -0.15) is 0 Å². The van der Waals surface area contributed by atoms with Gasteiger partial charge in [-0.15, -0.1) is 0 Å². The first-order chi connectivity index (χ1) is 39.2. The van der Waals surface area contributed by atoms with Gasteiger partial charge in [0.2, 0.25) is 65.0 Å². The van der Waals surface area contributed by atoms with Gasteiger partial charge in [-0.3, -0.25) is 52.7 Å². The summed E-state index contributed by atoms with van der Waals surface area (Å²) in [7, 11) is 9.92. The lowest BCUT2D eigenvalue weighted by Crippen LogP contribution is -2.63. The van der Waals surface area contributed by atoms with E-state index in [1.807, 2.05) is 61.5 Å². The lowest BCUT2D eigenvalue weighted by Gasteiger charge is -2.41. The third-order valence-corrected chi connectivity index (χ3v) is 16.1. The topological polar surface area (TPSA) is 279 Å². The highest BCUT2D eigenvalue weighted by molar-refractivity contribution is 5.99. The summed E-state index contributed by atoms with van der Waals surface area (Å²) >= 11 is 0. The molecule has 23 heteroatoms. The molecule has 11 amide bonds. The fourth-order valence-electron chi connectivity index (χ4n) is 10.7. The van der Waals surface area contributed by atoms with Gasteiger partial charge in [0.25, 0.3) is 0 Å². The zero-order chi connectivity index (χ0) is 66.0. The highest BCUT2D eigenvalue weighted by Crippen LogP contribution is 2.26. The average molecular weight is 1200 g/mol. The van der Waals surface area contributed by atoms with Crippen LogP contribution in [0.4, 0.5) is 0 Å². The van der Waals surface area contributed by atoms with Crippen molar-refractivity contribution in [3.63, 3.8) is 0 Å². The molecule has 1 fully saturated rings. The number of hydrogen-bond acceptors (Lipinski definition) is 12. The molecule has 0 aromatic carbocycles. The van der Waals surface area contributed by atoms with Crippen molar-refractivity contribution in [2.75, 3.05) is 55.9 Å². The van der Waals surface area contributed by atoms with Crippen molar-refractivity contribution in [3.8, 4) is 0 Å². The molecule has 1 aliphatic heterocycles. The minimum Gasteiger partial charge on any atom is -0.390 e. The summed E-state index contributed by atoms with van der Waals surface area (Å²) in [6, 6.07) is -12.3. The molecule has 0 saturated carbocycles. The van der Waals surface area contributed by atoms with Crippen molar-refractivity contribution in [2.24, 2.45) is 41.4 Å². The number of aliphatic hydroxyl groups excluding tert-OH is 1. The van der Waals surface area contributed by atoms with Gasteiger partial charge in [0, 0.05) is 49.3 Å². The first-order valence-corrected chi connectivity index (χ1v) is 30.6. The molecular weight excluding hydrogens is 1090 g/mol. The number of allylic oxidation sites excluding steroid dienone is 2. The Kier molecular flexibility index (Phi) is 31.5. The first-order valence-electron chi connectivity index (χ1n) is 30.6. The van der Waals surface area contributed by atoms with Crippen LogP contribution in [-0.2, 0) is 52.7 Å². The summed E-state index contributed by atoms with van der Waals surface area (Å²) < 4.78 is 0. The van der Waals surface area contributed by atoms with Gasteiger partial charge in [0.1, 0.15) is 60.4 Å². The van der Waals surface area contributed by atoms with Gasteiger partial charge in [-0.1, -0.05) is 109 Å². The third kappa shape index (κ3) is 21.7. The number of hydrogen-bond donors (Lipinski definition) is 5. The molecule has 0 aliphatic carbocycles. The second-order valence-corrected chi connectivity index (χ2v) is 26.1. The highest BCUT2D eigenvalue weighted by Gasteiger charge is 2.45. The molecule has 1 saturated heterocycles. The summed E-state index contributed by atoms with van der Waals surface area (Å²) in [5.41, 5.74) is 0. The molecule has 1 rings (SSSR count). The van der Waals surface area contributed by atoms with Crippen molar-refractivity contribution in [1.29, 1.82) is 0 Å². The van der Waals surface area contributed by atoms with Gasteiger partial charge in [-0.05, 0) is 101 Å². The van der Waals surface area contributed by atoms with Crippen LogP contribution in [0.2, 0.25) is 0 Å². The van der Waals surface area contributed by atoms with E-state index in [9.17, 15) is 48.3 Å². The van der Waals surface area contributed by atoms with Crippen molar-refractivity contribution < 1.29 is 57.8 Å². The number of rotatable bonds is 15. The zero-order valence-corrected chi connectivity index (χ0v) is 56.1. The number of carbonyl (C=O) groups excluding carboxylic acids is 11. The Bertz CT molecular complexity index is 2330. The molecular formula is C62H111N11O12. The lowest BCUT2D eigenvalue weighted by molar-refractivity contribution is -0.157. The molecule has 5 N–H and O–H groups in total. The maximum absolute atomic E-state index is 15.1. The van der Waals surface area contributed by atoms with E-state index in [-0.39, 0.29) is 55.8 Å². The van der Waals surface area contributed by atoms with Crippen molar-refractivity contribution >= 4 is 65.0 Å². The molecule has 0 bridgehead atoms. The molecule has 1 heterocycles. The Morgan fingerprint density at radius 3 is 1.32 bits per heavy atom. The lowest BCUT2D eigenvalue weighted by atomic mass is 9.91. The predicted molar refractivity (Wildman–Crippen MR) is 328 cm³/mol. The summed E-state index contributed by atoms with van der Waals surface area (Å²) in [5, 5.41) is 23.1. The summed E-state index contributed by atoms with van der Waals surface area (Å²) in [6.07, 6.45) is 3.04. The molecule has 0 aromatic rings. The molecule has 12 atom stereocenters. The van der Waals surface area contributed by atoms with Gasteiger partial charge in [-0.25, -0.2) is 0 Å². The summed E-state index contributed by atoms with van der Waals surface area (Å²) in [6.45, 7) is 29.3. The number of amides is 11. The van der Waals surface area contributed by atoms with Gasteiger partial charge in [0.15, 0.2) is 0 Å². The molecule has 0 aromatic heterocycles. The molecule has 0 spiro atoms. The van der Waals surface area contributed by atoms with Crippen LogP contribution in [0.25, 0.3) is 0 Å². The Morgan fingerprint density at radius 1 is 0.459 bits per heavy atom. The standard InChI is InChI=1S/C62H111N11O12/c1-25-27-28-40(15)52(75)51-56(79)65-43(26-2)58(81)67(18)33-48(74)68(19)44(29-34(3)4)55(78)66-49(38(11)12)61(84)69(20)45(30-35(5)6)54(77)63-41(16)53(76)64-42(17)57(80)70(21)46(31-36(7)8)59(82)71(22)47(32-37(9)10)60(83)72(23)50(39(13)14)62(85)73(51)24/h25,27,34-47,49-52,75H,26,28-33H2,1-24H3,(H,63,77)(H,64,76)(H,65,79)(H,66,78)/b27-25+/t40-,41-,42+,43-,44-,45-,46-,47-,49-,50-,51-,52-/m0/s1. The minimum absolute atomic E-state index is 0.0229. The Balaban J connectivity index is 4.32. The predicted octanol–water partition coefficient (Wildman–Crippen LogP) is 3.27. The van der Waals surface area contributed by atoms with E-state index in [2.05, 4.69) is 21.3 Å². The van der Waals surface area contributed by atoms with E-state index in [1.165, 1.54) is 87.7 Å². The fraction of sp³-hybridized carbons (Fsp3) is 0.790. The van der Waals surface area contributed by atoms with Crippen LogP contribution in [0.5, 0.6) is 0 Å². The number of carbonyl (C=O) groups is 11. The van der Waals surface area contributed by atoms with Crippen molar-refractivity contribution in [1.82, 2.24) is 55.6 Å². The monoisotopic (exact) mass is 1200 g/mol. The molecule has 0 unspecified atom stereocenters. The van der Waals surface area contributed by atoms with E-state index in [0.717, 1.165) is 9.80 Å². The van der Waals surface area contributed by atoms with E-state index < -0.39 is 156 Å². The average Bonchev–Trinajstić information content (AvgIpc) is 3.62. The number of aliphatic hydroxyl groups is 1. The molecule has 0 radical (unpaired) electrons. The fourth-order valence-corrected chi connectivity index (χ4v) is 10.7. The Labute approximate surface area is 508 Å². The second kappa shape index (κ2) is 34.9. The van der Waals surface area contributed by atoms with Crippen LogP contribution in [0.15, 0.2) is 12.2 Å². The van der Waals surface area contributed by atoms with E-state index in [0.29, 0.717) is 6.42 Å².